The number of hydrogen-bond acceptors (Lipinski definition) is 1. The van der Waals surface area contributed by atoms with Crippen molar-refractivity contribution in [2.24, 2.45) is 0 Å². The third kappa shape index (κ3) is 4.42. The van der Waals surface area contributed by atoms with E-state index in [2.05, 4.69) is 184 Å². The minimum absolute atomic E-state index is 0.184. The lowest BCUT2D eigenvalue weighted by molar-refractivity contribution is -0.401. The van der Waals surface area contributed by atoms with Crippen LogP contribution in [-0.2, 0) is 17.3 Å². The Labute approximate surface area is 278 Å². The quantitative estimate of drug-likeness (QED) is 0.134. The van der Waals surface area contributed by atoms with Crippen LogP contribution in [0.2, 0.25) is 0 Å². The fraction of sp³-hybridized carbons (Fsp3) is 0.178. The summed E-state index contributed by atoms with van der Waals surface area (Å²) in [6, 6.07) is 42.4. The van der Waals surface area contributed by atoms with E-state index in [1.165, 1.54) is 71.8 Å². The molecule has 0 spiro atoms. The maximum absolute atomic E-state index is 4.19. The lowest BCUT2D eigenvalue weighted by atomic mass is 9.72. The molecular formula is C45H41N2+. The summed E-state index contributed by atoms with van der Waals surface area (Å²) in [6.45, 7) is 9.00. The van der Waals surface area contributed by atoms with E-state index in [9.17, 15) is 0 Å². The molecule has 0 aliphatic carbocycles. The molecule has 0 saturated carbocycles. The highest BCUT2D eigenvalue weighted by molar-refractivity contribution is 6.08. The van der Waals surface area contributed by atoms with E-state index >= 15 is 0 Å². The normalized spacial score (nSPS) is 21.4. The molecule has 47 heavy (non-hydrogen) atoms. The van der Waals surface area contributed by atoms with Crippen molar-refractivity contribution >= 4 is 49.4 Å². The first-order valence-corrected chi connectivity index (χ1v) is 16.7. The Balaban J connectivity index is 1.26. The van der Waals surface area contributed by atoms with E-state index < -0.39 is 0 Å². The molecule has 2 atom stereocenters. The molecule has 2 nitrogen and oxygen atoms in total. The summed E-state index contributed by atoms with van der Waals surface area (Å²) in [7, 11) is 4.44. The minimum Gasteiger partial charge on any atom is -0.347 e. The minimum atomic E-state index is -0.229. The summed E-state index contributed by atoms with van der Waals surface area (Å²) in [5, 5.41) is 7.79. The van der Waals surface area contributed by atoms with Gasteiger partial charge in [0.15, 0.2) is 5.71 Å². The average Bonchev–Trinajstić information content (AvgIpc) is 3.44. The molecule has 0 aromatic heterocycles. The average molecular weight is 610 g/mol. The van der Waals surface area contributed by atoms with Gasteiger partial charge < -0.3 is 4.90 Å². The Morgan fingerprint density at radius 2 is 1.32 bits per heavy atom. The van der Waals surface area contributed by atoms with Gasteiger partial charge in [-0.25, -0.2) is 0 Å². The molecule has 2 aliphatic heterocycles. The molecule has 2 unspecified atom stereocenters. The van der Waals surface area contributed by atoms with Gasteiger partial charge in [0.2, 0.25) is 5.69 Å². The van der Waals surface area contributed by atoms with Crippen LogP contribution in [0.4, 0.5) is 11.4 Å². The topological polar surface area (TPSA) is 6.25 Å². The van der Waals surface area contributed by atoms with Crippen LogP contribution in [0.15, 0.2) is 152 Å². The standard InChI is InChI=1S/C45H41N2/c1-6-28-44(2)40(46(4)38-26-24-33-15-9-11-18-36(33)42(38)44)20-13-21-41-45(3,30-31-22-23-32-14-7-8-17-35(32)29-31)43-37-19-12-10-16-34(37)25-27-39(43)47(41)5/h6-27,29H,1,28,30H2,2-5H3/q+1. The monoisotopic (exact) mass is 609 g/mol. The molecule has 2 heterocycles. The molecule has 6 aromatic rings. The smallest absolute Gasteiger partial charge is 0.210 e. The largest absolute Gasteiger partial charge is 0.347 e. The molecule has 0 amide bonds. The lowest BCUT2D eigenvalue weighted by Gasteiger charge is -2.28. The Hall–Kier alpha value is -5.21. The summed E-state index contributed by atoms with van der Waals surface area (Å²) in [4.78, 5) is 2.38. The molecular weight excluding hydrogens is 569 g/mol. The molecule has 8 rings (SSSR count). The van der Waals surface area contributed by atoms with E-state index in [-0.39, 0.29) is 10.8 Å². The Morgan fingerprint density at radius 3 is 2.04 bits per heavy atom. The molecule has 6 aromatic carbocycles. The van der Waals surface area contributed by atoms with Crippen LogP contribution in [0.5, 0.6) is 0 Å². The van der Waals surface area contributed by atoms with Crippen LogP contribution in [0.1, 0.15) is 37.0 Å². The van der Waals surface area contributed by atoms with Crippen molar-refractivity contribution in [3.63, 3.8) is 0 Å². The van der Waals surface area contributed by atoms with Crippen molar-refractivity contribution in [1.82, 2.24) is 0 Å². The molecule has 0 bridgehead atoms. The van der Waals surface area contributed by atoms with Crippen molar-refractivity contribution in [3.05, 3.63) is 169 Å². The van der Waals surface area contributed by atoms with Gasteiger partial charge in [-0.2, -0.15) is 4.58 Å². The first-order valence-electron chi connectivity index (χ1n) is 16.7. The van der Waals surface area contributed by atoms with Gasteiger partial charge in [-0.3, -0.25) is 0 Å². The van der Waals surface area contributed by atoms with Crippen LogP contribution >= 0.6 is 0 Å². The summed E-state index contributed by atoms with van der Waals surface area (Å²) < 4.78 is 2.42. The zero-order valence-electron chi connectivity index (χ0n) is 27.8. The fourth-order valence-electron chi connectivity index (χ4n) is 8.75. The van der Waals surface area contributed by atoms with Crippen molar-refractivity contribution in [2.45, 2.75) is 37.5 Å². The number of hydrogen-bond donors (Lipinski definition) is 0. The fourth-order valence-corrected chi connectivity index (χ4v) is 8.75. The molecule has 2 heteroatoms. The van der Waals surface area contributed by atoms with Crippen molar-refractivity contribution < 1.29 is 4.58 Å². The predicted molar refractivity (Wildman–Crippen MR) is 202 cm³/mol. The van der Waals surface area contributed by atoms with Gasteiger partial charge in [-0.15, -0.1) is 6.58 Å². The highest BCUT2D eigenvalue weighted by Gasteiger charge is 2.48. The molecule has 0 N–H and O–H groups in total. The third-order valence-corrected chi connectivity index (χ3v) is 10.9. The number of rotatable bonds is 6. The molecule has 230 valence electrons. The summed E-state index contributed by atoms with van der Waals surface area (Å²) in [6.07, 6.45) is 10.9. The van der Waals surface area contributed by atoms with Gasteiger partial charge in [-0.1, -0.05) is 109 Å². The van der Waals surface area contributed by atoms with E-state index in [0.29, 0.717) is 0 Å². The number of likely N-dealkylation sites (N-methyl/N-ethyl adjacent to an activating group) is 1. The van der Waals surface area contributed by atoms with Gasteiger partial charge in [0.25, 0.3) is 0 Å². The molecule has 2 aliphatic rings. The highest BCUT2D eigenvalue weighted by atomic mass is 15.2. The lowest BCUT2D eigenvalue weighted by Crippen LogP contribution is -2.33. The maximum atomic E-state index is 4.19. The molecule has 0 fully saturated rings. The number of anilines is 1. The van der Waals surface area contributed by atoms with Gasteiger partial charge in [0.05, 0.1) is 5.41 Å². The molecule has 0 saturated heterocycles. The van der Waals surface area contributed by atoms with E-state index in [1.807, 2.05) is 0 Å². The van der Waals surface area contributed by atoms with Crippen LogP contribution in [0, 0.1) is 0 Å². The first kappa shape index (κ1) is 29.2. The van der Waals surface area contributed by atoms with Gasteiger partial charge >= 0.3 is 0 Å². The Morgan fingerprint density at radius 1 is 0.702 bits per heavy atom. The van der Waals surface area contributed by atoms with Gasteiger partial charge in [0, 0.05) is 41.6 Å². The zero-order valence-corrected chi connectivity index (χ0v) is 27.8. The number of allylic oxidation sites excluding steroid dienone is 5. The second kappa shape index (κ2) is 11.0. The maximum Gasteiger partial charge on any atom is 0.210 e. The summed E-state index contributed by atoms with van der Waals surface area (Å²) >= 11 is 0. The van der Waals surface area contributed by atoms with Gasteiger partial charge in [0.1, 0.15) is 7.05 Å². The molecule has 0 radical (unpaired) electrons. The van der Waals surface area contributed by atoms with E-state index in [1.54, 1.807) is 0 Å². The predicted octanol–water partition coefficient (Wildman–Crippen LogP) is 10.8. The van der Waals surface area contributed by atoms with Crippen LogP contribution < -0.4 is 4.90 Å². The summed E-state index contributed by atoms with van der Waals surface area (Å²) in [5.74, 6) is 0. The SMILES string of the molecule is C=CCC1(C)/C(=C\C=C\C2=[N+](C)c3ccc4ccccc4c3C2(C)Cc2ccc3ccccc3c2)N(C)c2ccc3ccccc3c21. The van der Waals surface area contributed by atoms with Gasteiger partial charge in [-0.05, 0) is 88.3 Å². The Kier molecular flexibility index (Phi) is 6.81. The van der Waals surface area contributed by atoms with Crippen molar-refractivity contribution in [3.8, 4) is 0 Å². The van der Waals surface area contributed by atoms with Crippen LogP contribution in [-0.4, -0.2) is 24.4 Å². The second-order valence-corrected chi connectivity index (χ2v) is 13.8. The zero-order chi connectivity index (χ0) is 32.3. The Bertz CT molecular complexity index is 2340. The number of nitrogens with zero attached hydrogens (tertiary/aromatic N) is 2. The van der Waals surface area contributed by atoms with Crippen LogP contribution in [0.25, 0.3) is 32.3 Å². The van der Waals surface area contributed by atoms with Crippen LogP contribution in [0.3, 0.4) is 0 Å². The third-order valence-electron chi connectivity index (χ3n) is 10.9. The highest BCUT2D eigenvalue weighted by Crippen LogP contribution is 2.52. The van der Waals surface area contributed by atoms with E-state index in [0.717, 1.165) is 12.8 Å². The summed E-state index contributed by atoms with van der Waals surface area (Å²) in [5.41, 5.74) is 8.90. The number of fused-ring (bicyclic) bond motifs is 7. The second-order valence-electron chi connectivity index (χ2n) is 13.8. The van der Waals surface area contributed by atoms with E-state index in [4.69, 9.17) is 0 Å². The number of benzene rings is 6. The van der Waals surface area contributed by atoms with Crippen molar-refractivity contribution in [2.75, 3.05) is 19.0 Å². The first-order chi connectivity index (χ1) is 22.8. The van der Waals surface area contributed by atoms with Crippen molar-refractivity contribution in [1.29, 1.82) is 0 Å².